The fourth-order valence-electron chi connectivity index (χ4n) is 1.91. The molecule has 0 radical (unpaired) electrons. The van der Waals surface area contributed by atoms with Gasteiger partial charge in [-0.1, -0.05) is 35.8 Å². The van der Waals surface area contributed by atoms with E-state index in [9.17, 15) is 0 Å². The topological polar surface area (TPSA) is 34.1 Å². The van der Waals surface area contributed by atoms with Crippen molar-refractivity contribution >= 4 is 15.9 Å². The molecule has 0 spiro atoms. The van der Waals surface area contributed by atoms with Gasteiger partial charge in [-0.2, -0.15) is 0 Å². The van der Waals surface area contributed by atoms with Gasteiger partial charge in [0.15, 0.2) is 0 Å². The van der Waals surface area contributed by atoms with Gasteiger partial charge in [0.2, 0.25) is 0 Å². The molecular formula is C17H21BrN2O. The molecule has 0 unspecified atom stereocenters. The highest BCUT2D eigenvalue weighted by Gasteiger charge is 2.04. The Bertz CT molecular complexity index is 558. The molecule has 4 heteroatoms. The summed E-state index contributed by atoms with van der Waals surface area (Å²) < 4.78 is 6.93. The van der Waals surface area contributed by atoms with Crippen LogP contribution in [0.15, 0.2) is 47.1 Å². The molecule has 21 heavy (non-hydrogen) atoms. The zero-order chi connectivity index (χ0) is 15.1. The lowest BCUT2D eigenvalue weighted by atomic mass is 10.2. The number of hydrogen-bond acceptors (Lipinski definition) is 3. The number of benzene rings is 1. The van der Waals surface area contributed by atoms with Crippen molar-refractivity contribution in [3.63, 3.8) is 0 Å². The van der Waals surface area contributed by atoms with Crippen molar-refractivity contribution in [3.05, 3.63) is 58.3 Å². The lowest BCUT2D eigenvalue weighted by Gasteiger charge is -2.12. The van der Waals surface area contributed by atoms with Gasteiger partial charge in [0, 0.05) is 35.4 Å². The third-order valence-corrected chi connectivity index (χ3v) is 3.84. The number of nitrogens with one attached hydrogen (secondary N) is 1. The van der Waals surface area contributed by atoms with Gasteiger partial charge >= 0.3 is 0 Å². The van der Waals surface area contributed by atoms with E-state index in [-0.39, 0.29) is 0 Å². The molecular weight excluding hydrogens is 328 g/mol. The minimum absolute atomic E-state index is 0.464. The largest absolute Gasteiger partial charge is 0.493 e. The van der Waals surface area contributed by atoms with Crippen molar-refractivity contribution in [1.29, 1.82) is 0 Å². The second kappa shape index (κ2) is 8.15. The Morgan fingerprint density at radius 1 is 1.24 bits per heavy atom. The van der Waals surface area contributed by atoms with E-state index in [1.807, 2.05) is 36.5 Å². The highest BCUT2D eigenvalue weighted by Crippen LogP contribution is 2.22. The number of halogens is 1. The molecule has 0 aliphatic carbocycles. The zero-order valence-electron chi connectivity index (χ0n) is 12.5. The smallest absolute Gasteiger partial charge is 0.119 e. The van der Waals surface area contributed by atoms with E-state index in [4.69, 9.17) is 4.74 Å². The maximum atomic E-state index is 5.82. The van der Waals surface area contributed by atoms with Crippen LogP contribution >= 0.6 is 15.9 Å². The number of rotatable bonds is 7. The molecule has 3 nitrogen and oxygen atoms in total. The van der Waals surface area contributed by atoms with Gasteiger partial charge in [0.1, 0.15) is 5.75 Å². The molecule has 1 aromatic heterocycles. The second-order valence-corrected chi connectivity index (χ2v) is 6.06. The fourth-order valence-corrected chi connectivity index (χ4v) is 2.30. The van der Waals surface area contributed by atoms with E-state index in [2.05, 4.69) is 46.1 Å². The standard InChI is InChI=1S/C17H21BrN2O/c1-13(2)20-12-14-11-16(6-7-17(14)18)21-10-8-15-5-3-4-9-19-15/h3-7,9,11,13,20H,8,10,12H2,1-2H3. The molecule has 0 amide bonds. The van der Waals surface area contributed by atoms with E-state index in [1.165, 1.54) is 5.56 Å². The summed E-state index contributed by atoms with van der Waals surface area (Å²) in [6.07, 6.45) is 2.63. The van der Waals surface area contributed by atoms with Gasteiger partial charge in [-0.15, -0.1) is 0 Å². The van der Waals surface area contributed by atoms with Crippen LogP contribution in [0.3, 0.4) is 0 Å². The summed E-state index contributed by atoms with van der Waals surface area (Å²) in [6.45, 7) is 5.74. The predicted octanol–water partition coefficient (Wildman–Crippen LogP) is 3.96. The molecule has 2 rings (SSSR count). The summed E-state index contributed by atoms with van der Waals surface area (Å²) in [5, 5.41) is 3.42. The summed E-state index contributed by atoms with van der Waals surface area (Å²) >= 11 is 3.58. The summed E-state index contributed by atoms with van der Waals surface area (Å²) in [4.78, 5) is 4.29. The van der Waals surface area contributed by atoms with Crippen molar-refractivity contribution in [2.75, 3.05) is 6.61 Å². The van der Waals surface area contributed by atoms with Gasteiger partial charge in [0.25, 0.3) is 0 Å². The van der Waals surface area contributed by atoms with Gasteiger partial charge in [-0.25, -0.2) is 0 Å². The Morgan fingerprint density at radius 2 is 2.10 bits per heavy atom. The van der Waals surface area contributed by atoms with Gasteiger partial charge in [-0.05, 0) is 35.9 Å². The highest BCUT2D eigenvalue weighted by molar-refractivity contribution is 9.10. The van der Waals surface area contributed by atoms with Gasteiger partial charge in [0.05, 0.1) is 6.61 Å². The number of nitrogens with zero attached hydrogens (tertiary/aromatic N) is 1. The van der Waals surface area contributed by atoms with Gasteiger partial charge in [-0.3, -0.25) is 4.98 Å². The molecule has 0 aliphatic rings. The van der Waals surface area contributed by atoms with Crippen LogP contribution in [0.5, 0.6) is 5.75 Å². The van der Waals surface area contributed by atoms with Crippen LogP contribution in [0.2, 0.25) is 0 Å². The van der Waals surface area contributed by atoms with Crippen LogP contribution in [-0.2, 0) is 13.0 Å². The monoisotopic (exact) mass is 348 g/mol. The van der Waals surface area contributed by atoms with E-state index < -0.39 is 0 Å². The first kappa shape index (κ1) is 16.0. The Balaban J connectivity index is 1.89. The van der Waals surface area contributed by atoms with E-state index in [1.54, 1.807) is 0 Å². The minimum Gasteiger partial charge on any atom is -0.493 e. The molecule has 1 aromatic carbocycles. The van der Waals surface area contributed by atoms with E-state index in [0.29, 0.717) is 12.6 Å². The van der Waals surface area contributed by atoms with Crippen molar-refractivity contribution in [3.8, 4) is 5.75 Å². The zero-order valence-corrected chi connectivity index (χ0v) is 14.1. The van der Waals surface area contributed by atoms with E-state index in [0.717, 1.165) is 28.9 Å². The molecule has 112 valence electrons. The summed E-state index contributed by atoms with van der Waals surface area (Å²) in [5.74, 6) is 0.898. The predicted molar refractivity (Wildman–Crippen MR) is 89.6 cm³/mol. The Hall–Kier alpha value is -1.39. The van der Waals surface area contributed by atoms with Crippen LogP contribution in [0.1, 0.15) is 25.1 Å². The highest BCUT2D eigenvalue weighted by atomic mass is 79.9. The molecule has 2 aromatic rings. The van der Waals surface area contributed by atoms with Gasteiger partial charge < -0.3 is 10.1 Å². The first-order valence-corrected chi connectivity index (χ1v) is 7.99. The van der Waals surface area contributed by atoms with Crippen LogP contribution in [-0.4, -0.2) is 17.6 Å². The average molecular weight is 349 g/mol. The molecule has 0 saturated carbocycles. The Labute approximate surface area is 134 Å². The SMILES string of the molecule is CC(C)NCc1cc(OCCc2ccccn2)ccc1Br. The van der Waals surface area contributed by atoms with Crippen molar-refractivity contribution in [1.82, 2.24) is 10.3 Å². The number of pyridine rings is 1. The molecule has 0 fully saturated rings. The lowest BCUT2D eigenvalue weighted by Crippen LogP contribution is -2.22. The summed E-state index contributed by atoms with van der Waals surface area (Å²) in [7, 11) is 0. The molecule has 0 aliphatic heterocycles. The quantitative estimate of drug-likeness (QED) is 0.822. The van der Waals surface area contributed by atoms with Crippen LogP contribution in [0, 0.1) is 0 Å². The van der Waals surface area contributed by atoms with Crippen molar-refractivity contribution in [2.24, 2.45) is 0 Å². The first-order chi connectivity index (χ1) is 10.1. The third-order valence-electron chi connectivity index (χ3n) is 3.07. The lowest BCUT2D eigenvalue weighted by molar-refractivity contribution is 0.320. The van der Waals surface area contributed by atoms with Crippen LogP contribution in [0.25, 0.3) is 0 Å². The summed E-state index contributed by atoms with van der Waals surface area (Å²) in [5.41, 5.74) is 2.26. The molecule has 1 N–H and O–H groups in total. The molecule has 1 heterocycles. The average Bonchev–Trinajstić information content (AvgIpc) is 2.48. The summed E-state index contributed by atoms with van der Waals surface area (Å²) in [6, 6.07) is 12.5. The third kappa shape index (κ3) is 5.48. The number of aromatic nitrogens is 1. The Kier molecular flexibility index (Phi) is 6.21. The Morgan fingerprint density at radius 3 is 2.81 bits per heavy atom. The van der Waals surface area contributed by atoms with Crippen molar-refractivity contribution in [2.45, 2.75) is 32.9 Å². The normalized spacial score (nSPS) is 10.9. The first-order valence-electron chi connectivity index (χ1n) is 7.19. The minimum atomic E-state index is 0.464. The van der Waals surface area contributed by atoms with E-state index >= 15 is 0 Å². The van der Waals surface area contributed by atoms with Crippen molar-refractivity contribution < 1.29 is 4.74 Å². The number of ether oxygens (including phenoxy) is 1. The molecule has 0 saturated heterocycles. The second-order valence-electron chi connectivity index (χ2n) is 5.21. The molecule has 0 bridgehead atoms. The molecule has 0 atom stereocenters. The number of hydrogen-bond donors (Lipinski definition) is 1. The van der Waals surface area contributed by atoms with Crippen LogP contribution < -0.4 is 10.1 Å². The van der Waals surface area contributed by atoms with Crippen LogP contribution in [0.4, 0.5) is 0 Å². The maximum absolute atomic E-state index is 5.82. The fraction of sp³-hybridized carbons (Fsp3) is 0.353. The maximum Gasteiger partial charge on any atom is 0.119 e.